The van der Waals surface area contributed by atoms with E-state index < -0.39 is 27.1 Å². The van der Waals surface area contributed by atoms with Gasteiger partial charge >= 0.3 is 0 Å². The lowest BCUT2D eigenvalue weighted by atomic mass is 9.90. The number of primary sulfonamides is 1. The Labute approximate surface area is 117 Å². The van der Waals surface area contributed by atoms with Crippen molar-refractivity contribution < 1.29 is 21.9 Å². The molecule has 1 aromatic rings. The second-order valence-corrected chi connectivity index (χ2v) is 6.99. The number of rotatable bonds is 5. The SMILES string of the molecule is NS(=O)(=O)CC1(COc2ccc(F)cc2F)CCCC1. The van der Waals surface area contributed by atoms with Crippen LogP contribution in [0.15, 0.2) is 18.2 Å². The number of halogens is 2. The number of nitrogens with two attached hydrogens (primary N) is 1. The first-order valence-electron chi connectivity index (χ1n) is 6.38. The summed E-state index contributed by atoms with van der Waals surface area (Å²) in [6.45, 7) is 0.0615. The average Bonchev–Trinajstić information content (AvgIpc) is 2.74. The summed E-state index contributed by atoms with van der Waals surface area (Å²) in [5.74, 6) is -1.74. The third-order valence-corrected chi connectivity index (χ3v) is 4.61. The summed E-state index contributed by atoms with van der Waals surface area (Å²) >= 11 is 0. The van der Waals surface area contributed by atoms with E-state index in [9.17, 15) is 17.2 Å². The molecule has 7 heteroatoms. The van der Waals surface area contributed by atoms with Crippen LogP contribution in [0.3, 0.4) is 0 Å². The fourth-order valence-corrected chi connectivity index (χ4v) is 3.93. The van der Waals surface area contributed by atoms with E-state index in [0.29, 0.717) is 12.8 Å². The third kappa shape index (κ3) is 3.89. The zero-order valence-corrected chi connectivity index (χ0v) is 11.8. The molecule has 2 rings (SSSR count). The van der Waals surface area contributed by atoms with Gasteiger partial charge in [-0.05, 0) is 25.0 Å². The second-order valence-electron chi connectivity index (χ2n) is 5.38. The number of hydrogen-bond donors (Lipinski definition) is 1. The van der Waals surface area contributed by atoms with Crippen LogP contribution in [0.2, 0.25) is 0 Å². The number of ether oxygens (including phenoxy) is 1. The summed E-state index contributed by atoms with van der Waals surface area (Å²) in [6.07, 6.45) is 3.13. The molecule has 1 aliphatic carbocycles. The van der Waals surface area contributed by atoms with Crippen LogP contribution in [0.5, 0.6) is 5.75 Å². The molecule has 0 bridgehead atoms. The van der Waals surface area contributed by atoms with E-state index in [4.69, 9.17) is 9.88 Å². The summed E-state index contributed by atoms with van der Waals surface area (Å²) < 4.78 is 54.3. The molecule has 1 aromatic carbocycles. The molecule has 0 aliphatic heterocycles. The highest BCUT2D eigenvalue weighted by Gasteiger charge is 2.38. The summed E-state index contributed by atoms with van der Waals surface area (Å²) in [4.78, 5) is 0. The van der Waals surface area contributed by atoms with Crippen LogP contribution in [0.25, 0.3) is 0 Å². The molecule has 0 atom stereocenters. The molecule has 1 fully saturated rings. The highest BCUT2D eigenvalue weighted by atomic mass is 32.2. The van der Waals surface area contributed by atoms with E-state index in [0.717, 1.165) is 25.0 Å². The van der Waals surface area contributed by atoms with Crippen LogP contribution >= 0.6 is 0 Å². The highest BCUT2D eigenvalue weighted by molar-refractivity contribution is 7.89. The first-order chi connectivity index (χ1) is 9.30. The highest BCUT2D eigenvalue weighted by Crippen LogP contribution is 2.39. The van der Waals surface area contributed by atoms with Gasteiger partial charge in [0.15, 0.2) is 11.6 Å². The van der Waals surface area contributed by atoms with E-state index in [1.54, 1.807) is 0 Å². The summed E-state index contributed by atoms with van der Waals surface area (Å²) in [5, 5.41) is 5.11. The predicted molar refractivity (Wildman–Crippen MR) is 70.7 cm³/mol. The first-order valence-corrected chi connectivity index (χ1v) is 8.10. The standard InChI is InChI=1S/C13H17F2NO3S/c14-10-3-4-12(11(15)7-10)19-8-13(5-1-2-6-13)9-20(16,17)18/h3-4,7H,1-2,5-6,8-9H2,(H2,16,17,18). The van der Waals surface area contributed by atoms with Crippen LogP contribution in [0.1, 0.15) is 25.7 Å². The Balaban J connectivity index is 2.09. The van der Waals surface area contributed by atoms with Crippen LogP contribution in [-0.4, -0.2) is 20.8 Å². The summed E-state index contributed by atoms with van der Waals surface area (Å²) in [5.41, 5.74) is -0.575. The Hall–Kier alpha value is -1.21. The van der Waals surface area contributed by atoms with Crippen molar-refractivity contribution in [3.8, 4) is 5.75 Å². The van der Waals surface area contributed by atoms with Gasteiger partial charge in [-0.25, -0.2) is 22.3 Å². The van der Waals surface area contributed by atoms with Crippen molar-refractivity contribution in [1.29, 1.82) is 0 Å². The van der Waals surface area contributed by atoms with Gasteiger partial charge in [0, 0.05) is 11.5 Å². The quantitative estimate of drug-likeness (QED) is 0.906. The number of hydrogen-bond acceptors (Lipinski definition) is 3. The van der Waals surface area contributed by atoms with E-state index in [-0.39, 0.29) is 18.1 Å². The molecule has 0 radical (unpaired) electrons. The van der Waals surface area contributed by atoms with Gasteiger partial charge in [0.25, 0.3) is 0 Å². The van der Waals surface area contributed by atoms with E-state index in [1.807, 2.05) is 0 Å². The molecule has 2 N–H and O–H groups in total. The van der Waals surface area contributed by atoms with Gasteiger partial charge in [-0.1, -0.05) is 12.8 Å². The summed E-state index contributed by atoms with van der Waals surface area (Å²) in [6, 6.07) is 3.03. The molecule has 0 saturated heterocycles. The van der Waals surface area contributed by atoms with E-state index >= 15 is 0 Å². The van der Waals surface area contributed by atoms with E-state index in [2.05, 4.69) is 0 Å². The predicted octanol–water partition coefficient (Wildman–Crippen LogP) is 2.19. The smallest absolute Gasteiger partial charge is 0.209 e. The molecule has 0 amide bonds. The lowest BCUT2D eigenvalue weighted by Gasteiger charge is -2.27. The molecule has 20 heavy (non-hydrogen) atoms. The van der Waals surface area contributed by atoms with Crippen LogP contribution in [0.4, 0.5) is 8.78 Å². The van der Waals surface area contributed by atoms with Crippen molar-refractivity contribution in [3.63, 3.8) is 0 Å². The normalized spacial score (nSPS) is 18.1. The average molecular weight is 305 g/mol. The van der Waals surface area contributed by atoms with Crippen LogP contribution < -0.4 is 9.88 Å². The molecular weight excluding hydrogens is 288 g/mol. The Morgan fingerprint density at radius 2 is 1.90 bits per heavy atom. The third-order valence-electron chi connectivity index (χ3n) is 3.60. The fourth-order valence-electron chi connectivity index (χ4n) is 2.71. The maximum Gasteiger partial charge on any atom is 0.209 e. The van der Waals surface area contributed by atoms with Crippen molar-refractivity contribution in [2.75, 3.05) is 12.4 Å². The molecular formula is C13H17F2NO3S. The Bertz CT molecular complexity index is 583. The van der Waals surface area contributed by atoms with Crippen LogP contribution in [-0.2, 0) is 10.0 Å². The molecule has 0 heterocycles. The fraction of sp³-hybridized carbons (Fsp3) is 0.538. The van der Waals surface area contributed by atoms with Gasteiger partial charge in [0.1, 0.15) is 5.82 Å². The molecule has 112 valence electrons. The lowest BCUT2D eigenvalue weighted by Crippen LogP contribution is -2.36. The Morgan fingerprint density at radius 3 is 2.45 bits per heavy atom. The Morgan fingerprint density at radius 1 is 1.25 bits per heavy atom. The van der Waals surface area contributed by atoms with Crippen molar-refractivity contribution >= 4 is 10.0 Å². The molecule has 4 nitrogen and oxygen atoms in total. The molecule has 0 unspecified atom stereocenters. The van der Waals surface area contributed by atoms with Crippen LogP contribution in [0, 0.1) is 17.0 Å². The lowest BCUT2D eigenvalue weighted by molar-refractivity contribution is 0.165. The van der Waals surface area contributed by atoms with Gasteiger partial charge < -0.3 is 4.74 Å². The van der Waals surface area contributed by atoms with Crippen molar-refractivity contribution in [3.05, 3.63) is 29.8 Å². The number of sulfonamides is 1. The number of benzene rings is 1. The van der Waals surface area contributed by atoms with E-state index in [1.165, 1.54) is 6.07 Å². The zero-order chi connectivity index (χ0) is 14.8. The first kappa shape index (κ1) is 15.2. The molecule has 0 aromatic heterocycles. The minimum atomic E-state index is -3.62. The molecule has 1 saturated carbocycles. The van der Waals surface area contributed by atoms with Gasteiger partial charge in [0.2, 0.25) is 10.0 Å². The minimum absolute atomic E-state index is 0.0615. The van der Waals surface area contributed by atoms with Gasteiger partial charge in [0.05, 0.1) is 12.4 Å². The maximum absolute atomic E-state index is 13.5. The van der Waals surface area contributed by atoms with Crippen molar-refractivity contribution in [1.82, 2.24) is 0 Å². The maximum atomic E-state index is 13.5. The largest absolute Gasteiger partial charge is 0.490 e. The summed E-state index contributed by atoms with van der Waals surface area (Å²) in [7, 11) is -3.62. The molecule has 1 aliphatic rings. The topological polar surface area (TPSA) is 69.4 Å². The Kier molecular flexibility index (Phi) is 4.29. The van der Waals surface area contributed by atoms with Gasteiger partial charge in [-0.2, -0.15) is 0 Å². The van der Waals surface area contributed by atoms with Crippen molar-refractivity contribution in [2.24, 2.45) is 10.6 Å². The minimum Gasteiger partial charge on any atom is -0.490 e. The molecule has 0 spiro atoms. The zero-order valence-electron chi connectivity index (χ0n) is 10.9. The monoisotopic (exact) mass is 305 g/mol. The van der Waals surface area contributed by atoms with Gasteiger partial charge in [-0.3, -0.25) is 0 Å². The second kappa shape index (κ2) is 5.65. The van der Waals surface area contributed by atoms with Gasteiger partial charge in [-0.15, -0.1) is 0 Å². The van der Waals surface area contributed by atoms with Crippen molar-refractivity contribution in [2.45, 2.75) is 25.7 Å².